The zero-order valence-corrected chi connectivity index (χ0v) is 9.19. The first-order valence-corrected chi connectivity index (χ1v) is 5.69. The van der Waals surface area contributed by atoms with E-state index in [1.807, 2.05) is 10.9 Å². The molecule has 1 fully saturated rings. The summed E-state index contributed by atoms with van der Waals surface area (Å²) in [4.78, 5) is 0. The van der Waals surface area contributed by atoms with Crippen LogP contribution in [0.2, 0.25) is 0 Å². The van der Waals surface area contributed by atoms with Gasteiger partial charge in [-0.25, -0.2) is 4.68 Å². The van der Waals surface area contributed by atoms with E-state index in [4.69, 9.17) is 5.84 Å². The molecular weight excluding hydrogens is 190 g/mol. The van der Waals surface area contributed by atoms with Crippen LogP contribution in [0.15, 0.2) is 6.20 Å². The summed E-state index contributed by atoms with van der Waals surface area (Å²) in [6, 6.07) is 0.207. The Morgan fingerprint density at radius 2 is 2.47 bits per heavy atom. The van der Waals surface area contributed by atoms with Crippen molar-refractivity contribution in [3.8, 4) is 0 Å². The molecule has 1 aromatic heterocycles. The normalized spacial score (nSPS) is 18.0. The quantitative estimate of drug-likeness (QED) is 0.541. The van der Waals surface area contributed by atoms with Crippen molar-refractivity contribution in [1.82, 2.24) is 20.4 Å². The van der Waals surface area contributed by atoms with Gasteiger partial charge in [0.1, 0.15) is 0 Å². The summed E-state index contributed by atoms with van der Waals surface area (Å²) >= 11 is 0. The summed E-state index contributed by atoms with van der Waals surface area (Å²) in [5.74, 6) is 6.43. The maximum absolute atomic E-state index is 5.59. The highest BCUT2D eigenvalue weighted by molar-refractivity contribution is 5.03. The lowest BCUT2D eigenvalue weighted by molar-refractivity contribution is 0.437. The molecule has 1 unspecified atom stereocenters. The van der Waals surface area contributed by atoms with E-state index in [2.05, 4.69) is 22.7 Å². The minimum absolute atomic E-state index is 0.207. The standard InChI is InChI=1S/C10H19N5/c1-2-5-15-10(7-12-14-15)9(13-11)6-8-3-4-8/h7-9,13H,2-6,11H2,1H3. The lowest BCUT2D eigenvalue weighted by Crippen LogP contribution is -2.30. The van der Waals surface area contributed by atoms with Gasteiger partial charge in [-0.15, -0.1) is 5.10 Å². The first kappa shape index (κ1) is 10.6. The molecule has 0 spiro atoms. The third kappa shape index (κ3) is 2.54. The van der Waals surface area contributed by atoms with E-state index < -0.39 is 0 Å². The molecular formula is C10H19N5. The predicted molar refractivity (Wildman–Crippen MR) is 57.7 cm³/mol. The molecule has 15 heavy (non-hydrogen) atoms. The minimum Gasteiger partial charge on any atom is -0.271 e. The smallest absolute Gasteiger partial charge is 0.0770 e. The van der Waals surface area contributed by atoms with Crippen molar-refractivity contribution in [3.63, 3.8) is 0 Å². The predicted octanol–water partition coefficient (Wildman–Crippen LogP) is 0.993. The van der Waals surface area contributed by atoms with E-state index in [-0.39, 0.29) is 6.04 Å². The molecule has 1 heterocycles. The monoisotopic (exact) mass is 209 g/mol. The molecule has 1 aromatic rings. The SMILES string of the molecule is CCCn1nncc1C(CC1CC1)NN. The molecule has 2 rings (SSSR count). The average molecular weight is 209 g/mol. The Morgan fingerprint density at radius 3 is 3.07 bits per heavy atom. The first-order chi connectivity index (χ1) is 7.35. The lowest BCUT2D eigenvalue weighted by Gasteiger charge is -2.16. The van der Waals surface area contributed by atoms with Crippen molar-refractivity contribution >= 4 is 0 Å². The Hall–Kier alpha value is -0.940. The number of hydrazine groups is 1. The summed E-state index contributed by atoms with van der Waals surface area (Å²) in [6.07, 6.45) is 6.67. The van der Waals surface area contributed by atoms with E-state index in [0.717, 1.165) is 31.0 Å². The van der Waals surface area contributed by atoms with Crippen molar-refractivity contribution in [1.29, 1.82) is 0 Å². The van der Waals surface area contributed by atoms with Crippen LogP contribution in [0.1, 0.15) is 44.3 Å². The lowest BCUT2D eigenvalue weighted by atomic mass is 10.1. The summed E-state index contributed by atoms with van der Waals surface area (Å²) in [6.45, 7) is 3.05. The van der Waals surface area contributed by atoms with Crippen LogP contribution in [-0.2, 0) is 6.54 Å². The van der Waals surface area contributed by atoms with Gasteiger partial charge in [-0.2, -0.15) is 0 Å². The van der Waals surface area contributed by atoms with Gasteiger partial charge in [0.2, 0.25) is 0 Å². The second kappa shape index (κ2) is 4.72. The third-order valence-corrected chi connectivity index (χ3v) is 2.91. The topological polar surface area (TPSA) is 68.8 Å². The van der Waals surface area contributed by atoms with Crippen molar-refractivity contribution in [2.75, 3.05) is 0 Å². The van der Waals surface area contributed by atoms with Gasteiger partial charge in [0.05, 0.1) is 17.9 Å². The number of hydrogen-bond acceptors (Lipinski definition) is 4. The zero-order chi connectivity index (χ0) is 10.7. The fourth-order valence-electron chi connectivity index (χ4n) is 1.88. The van der Waals surface area contributed by atoms with Crippen LogP contribution >= 0.6 is 0 Å². The number of hydrogen-bond donors (Lipinski definition) is 2. The summed E-state index contributed by atoms with van der Waals surface area (Å²) in [5.41, 5.74) is 3.99. The largest absolute Gasteiger partial charge is 0.271 e. The molecule has 0 saturated heterocycles. The van der Waals surface area contributed by atoms with Gasteiger partial charge in [-0.1, -0.05) is 25.0 Å². The summed E-state index contributed by atoms with van der Waals surface area (Å²) in [5, 5.41) is 8.03. The summed E-state index contributed by atoms with van der Waals surface area (Å²) in [7, 11) is 0. The van der Waals surface area contributed by atoms with Crippen LogP contribution in [0, 0.1) is 5.92 Å². The van der Waals surface area contributed by atoms with Gasteiger partial charge < -0.3 is 0 Å². The molecule has 1 aliphatic rings. The van der Waals surface area contributed by atoms with E-state index in [0.29, 0.717) is 0 Å². The Kier molecular flexibility index (Phi) is 3.33. The minimum atomic E-state index is 0.207. The van der Waals surface area contributed by atoms with Crippen molar-refractivity contribution in [2.45, 2.75) is 45.2 Å². The van der Waals surface area contributed by atoms with E-state index in [1.165, 1.54) is 12.8 Å². The highest BCUT2D eigenvalue weighted by Crippen LogP contribution is 2.37. The third-order valence-electron chi connectivity index (χ3n) is 2.91. The van der Waals surface area contributed by atoms with Crippen LogP contribution < -0.4 is 11.3 Å². The van der Waals surface area contributed by atoms with Crippen molar-refractivity contribution in [2.24, 2.45) is 11.8 Å². The average Bonchev–Trinajstić information content (AvgIpc) is 2.95. The molecule has 5 nitrogen and oxygen atoms in total. The molecule has 0 amide bonds. The Labute approximate surface area is 90.0 Å². The van der Waals surface area contributed by atoms with Gasteiger partial charge in [-0.05, 0) is 18.8 Å². The molecule has 5 heteroatoms. The van der Waals surface area contributed by atoms with Crippen molar-refractivity contribution < 1.29 is 0 Å². The van der Waals surface area contributed by atoms with Gasteiger partial charge in [0.15, 0.2) is 0 Å². The highest BCUT2D eigenvalue weighted by atomic mass is 15.4. The molecule has 3 N–H and O–H groups in total. The maximum atomic E-state index is 5.59. The maximum Gasteiger partial charge on any atom is 0.0770 e. The summed E-state index contributed by atoms with van der Waals surface area (Å²) < 4.78 is 1.95. The van der Waals surface area contributed by atoms with Gasteiger partial charge in [-0.3, -0.25) is 11.3 Å². The molecule has 84 valence electrons. The molecule has 1 saturated carbocycles. The number of rotatable bonds is 6. The Morgan fingerprint density at radius 1 is 1.67 bits per heavy atom. The fraction of sp³-hybridized carbons (Fsp3) is 0.800. The van der Waals surface area contributed by atoms with Crippen LogP contribution in [0.25, 0.3) is 0 Å². The van der Waals surface area contributed by atoms with Crippen molar-refractivity contribution in [3.05, 3.63) is 11.9 Å². The second-order valence-electron chi connectivity index (χ2n) is 4.28. The molecule has 0 radical (unpaired) electrons. The van der Waals surface area contributed by atoms with Crippen LogP contribution in [0.4, 0.5) is 0 Å². The number of nitrogens with one attached hydrogen (secondary N) is 1. The molecule has 1 aliphatic carbocycles. The van der Waals surface area contributed by atoms with E-state index in [9.17, 15) is 0 Å². The first-order valence-electron chi connectivity index (χ1n) is 5.69. The van der Waals surface area contributed by atoms with Crippen LogP contribution in [0.5, 0.6) is 0 Å². The Balaban J connectivity index is 2.05. The fourth-order valence-corrected chi connectivity index (χ4v) is 1.88. The number of nitrogens with two attached hydrogens (primary N) is 1. The highest BCUT2D eigenvalue weighted by Gasteiger charge is 2.27. The number of aryl methyl sites for hydroxylation is 1. The molecule has 1 atom stereocenters. The molecule has 0 aromatic carbocycles. The van der Waals surface area contributed by atoms with E-state index in [1.54, 1.807) is 0 Å². The van der Waals surface area contributed by atoms with Gasteiger partial charge in [0.25, 0.3) is 0 Å². The van der Waals surface area contributed by atoms with Crippen LogP contribution in [0.3, 0.4) is 0 Å². The number of aromatic nitrogens is 3. The second-order valence-corrected chi connectivity index (χ2v) is 4.28. The number of nitrogens with zero attached hydrogens (tertiary/aromatic N) is 3. The molecule has 0 aliphatic heterocycles. The molecule has 0 bridgehead atoms. The Bertz CT molecular complexity index is 305. The zero-order valence-electron chi connectivity index (χ0n) is 9.19. The van der Waals surface area contributed by atoms with Gasteiger partial charge >= 0.3 is 0 Å². The van der Waals surface area contributed by atoms with E-state index >= 15 is 0 Å². The van der Waals surface area contributed by atoms with Crippen LogP contribution in [-0.4, -0.2) is 15.0 Å². The van der Waals surface area contributed by atoms with Gasteiger partial charge in [0, 0.05) is 6.54 Å².